The zero-order chi connectivity index (χ0) is 11.6. The van der Waals surface area contributed by atoms with Gasteiger partial charge in [-0.2, -0.15) is 0 Å². The minimum absolute atomic E-state index is 0.250. The molecule has 0 radical (unpaired) electrons. The summed E-state index contributed by atoms with van der Waals surface area (Å²) in [6.07, 6.45) is 3.74. The molecule has 2 rings (SSSR count). The van der Waals surface area contributed by atoms with E-state index in [1.54, 1.807) is 4.31 Å². The summed E-state index contributed by atoms with van der Waals surface area (Å²) in [5.74, 6) is 1.54. The lowest BCUT2D eigenvalue weighted by Gasteiger charge is -2.17. The largest absolute Gasteiger partial charge is 0.316 e. The monoisotopic (exact) mass is 246 g/mol. The molecule has 5 heteroatoms. The van der Waals surface area contributed by atoms with Crippen molar-refractivity contribution in [3.63, 3.8) is 0 Å². The zero-order valence-corrected chi connectivity index (χ0v) is 10.8. The number of hydrogen-bond acceptors (Lipinski definition) is 3. The van der Waals surface area contributed by atoms with Crippen LogP contribution < -0.4 is 5.32 Å². The Hall–Kier alpha value is -0.130. The molecule has 1 saturated heterocycles. The maximum atomic E-state index is 12.0. The van der Waals surface area contributed by atoms with Gasteiger partial charge in [-0.05, 0) is 31.2 Å². The molecule has 16 heavy (non-hydrogen) atoms. The third-order valence-corrected chi connectivity index (χ3v) is 5.68. The molecule has 0 aromatic carbocycles. The number of nitrogens with one attached hydrogen (secondary N) is 1. The Labute approximate surface area is 98.4 Å². The van der Waals surface area contributed by atoms with Gasteiger partial charge in [0.2, 0.25) is 10.0 Å². The van der Waals surface area contributed by atoms with Gasteiger partial charge in [-0.1, -0.05) is 13.3 Å². The Morgan fingerprint density at radius 2 is 1.88 bits per heavy atom. The molecular formula is C11H22N2O2S. The topological polar surface area (TPSA) is 49.4 Å². The van der Waals surface area contributed by atoms with E-state index in [2.05, 4.69) is 5.32 Å². The summed E-state index contributed by atoms with van der Waals surface area (Å²) in [6.45, 7) is 4.95. The van der Waals surface area contributed by atoms with E-state index in [0.717, 1.165) is 19.6 Å². The highest BCUT2D eigenvalue weighted by molar-refractivity contribution is 7.89. The van der Waals surface area contributed by atoms with Crippen molar-refractivity contribution in [1.82, 2.24) is 9.62 Å². The van der Waals surface area contributed by atoms with E-state index in [1.807, 2.05) is 6.92 Å². The van der Waals surface area contributed by atoms with Crippen LogP contribution in [0.1, 0.15) is 26.2 Å². The molecule has 0 spiro atoms. The van der Waals surface area contributed by atoms with Crippen LogP contribution in [-0.4, -0.2) is 44.7 Å². The van der Waals surface area contributed by atoms with Crippen molar-refractivity contribution in [1.29, 1.82) is 0 Å². The van der Waals surface area contributed by atoms with Gasteiger partial charge >= 0.3 is 0 Å². The van der Waals surface area contributed by atoms with Crippen molar-refractivity contribution in [3.05, 3.63) is 0 Å². The van der Waals surface area contributed by atoms with E-state index in [9.17, 15) is 8.42 Å². The average Bonchev–Trinajstić information content (AvgIpc) is 2.76. The van der Waals surface area contributed by atoms with E-state index in [4.69, 9.17) is 0 Å². The molecule has 1 aliphatic heterocycles. The van der Waals surface area contributed by atoms with E-state index >= 15 is 0 Å². The predicted octanol–water partition coefficient (Wildman–Crippen LogP) is 0.658. The predicted molar refractivity (Wildman–Crippen MR) is 64.7 cm³/mol. The molecule has 2 unspecified atom stereocenters. The van der Waals surface area contributed by atoms with Crippen LogP contribution in [0.15, 0.2) is 0 Å². The van der Waals surface area contributed by atoms with Gasteiger partial charge in [0.1, 0.15) is 0 Å². The third kappa shape index (κ3) is 2.57. The Bertz CT molecular complexity index is 317. The molecule has 4 nitrogen and oxygen atoms in total. The molecule has 0 aromatic heterocycles. The Balaban J connectivity index is 1.88. The second-order valence-electron chi connectivity index (χ2n) is 4.94. The third-order valence-electron chi connectivity index (χ3n) is 3.87. The fourth-order valence-electron chi connectivity index (χ4n) is 2.93. The number of rotatable bonds is 5. The molecule has 2 atom stereocenters. The van der Waals surface area contributed by atoms with Gasteiger partial charge in [0.05, 0.1) is 5.75 Å². The van der Waals surface area contributed by atoms with Crippen molar-refractivity contribution in [2.45, 2.75) is 26.2 Å². The van der Waals surface area contributed by atoms with E-state index < -0.39 is 10.0 Å². The first-order valence-corrected chi connectivity index (χ1v) is 7.93. The molecule has 1 N–H and O–H groups in total. The van der Waals surface area contributed by atoms with Crippen molar-refractivity contribution < 1.29 is 8.42 Å². The molecule has 2 aliphatic rings. The number of hydrogen-bond donors (Lipinski definition) is 1. The van der Waals surface area contributed by atoms with Crippen molar-refractivity contribution in [2.24, 2.45) is 11.8 Å². The van der Waals surface area contributed by atoms with Gasteiger partial charge in [0, 0.05) is 19.6 Å². The SMILES string of the molecule is CCNCCS(=O)(=O)N1CC2CCCC2C1. The highest BCUT2D eigenvalue weighted by Gasteiger charge is 2.40. The summed E-state index contributed by atoms with van der Waals surface area (Å²) in [7, 11) is -3.00. The van der Waals surface area contributed by atoms with Crippen molar-refractivity contribution in [2.75, 3.05) is 31.9 Å². The fraction of sp³-hybridized carbons (Fsp3) is 1.00. The first-order chi connectivity index (χ1) is 7.63. The first-order valence-electron chi connectivity index (χ1n) is 6.32. The fourth-order valence-corrected chi connectivity index (χ4v) is 4.42. The lowest BCUT2D eigenvalue weighted by atomic mass is 10.0. The lowest BCUT2D eigenvalue weighted by Crippen LogP contribution is -2.35. The number of sulfonamides is 1. The van der Waals surface area contributed by atoms with E-state index in [1.165, 1.54) is 19.3 Å². The van der Waals surface area contributed by atoms with Gasteiger partial charge in [0.25, 0.3) is 0 Å². The van der Waals surface area contributed by atoms with Crippen LogP contribution in [0.3, 0.4) is 0 Å². The molecule has 1 aliphatic carbocycles. The summed E-state index contributed by atoms with van der Waals surface area (Å²) >= 11 is 0. The van der Waals surface area contributed by atoms with Crippen LogP contribution in [0.25, 0.3) is 0 Å². The summed E-state index contributed by atoms with van der Waals surface area (Å²) in [4.78, 5) is 0. The maximum Gasteiger partial charge on any atom is 0.215 e. The molecule has 0 amide bonds. The van der Waals surface area contributed by atoms with Gasteiger partial charge in [-0.25, -0.2) is 12.7 Å². The van der Waals surface area contributed by atoms with Crippen LogP contribution in [0.2, 0.25) is 0 Å². The summed E-state index contributed by atoms with van der Waals surface area (Å²) < 4.78 is 25.8. The van der Waals surface area contributed by atoms with Gasteiger partial charge in [-0.15, -0.1) is 0 Å². The molecular weight excluding hydrogens is 224 g/mol. The minimum atomic E-state index is -3.00. The Morgan fingerprint density at radius 1 is 1.25 bits per heavy atom. The van der Waals surface area contributed by atoms with Gasteiger partial charge < -0.3 is 5.32 Å². The van der Waals surface area contributed by atoms with Crippen molar-refractivity contribution >= 4 is 10.0 Å². The van der Waals surface area contributed by atoms with Crippen LogP contribution in [0.5, 0.6) is 0 Å². The van der Waals surface area contributed by atoms with Gasteiger partial charge in [0.15, 0.2) is 0 Å². The molecule has 94 valence electrons. The first kappa shape index (κ1) is 12.3. The molecule has 1 heterocycles. The zero-order valence-electron chi connectivity index (χ0n) is 9.98. The molecule has 0 aromatic rings. The second kappa shape index (κ2) is 5.02. The average molecular weight is 246 g/mol. The maximum absolute atomic E-state index is 12.0. The normalized spacial score (nSPS) is 30.8. The smallest absolute Gasteiger partial charge is 0.215 e. The Morgan fingerprint density at radius 3 is 2.44 bits per heavy atom. The lowest BCUT2D eigenvalue weighted by molar-refractivity contribution is 0.444. The van der Waals surface area contributed by atoms with Crippen LogP contribution in [0, 0.1) is 11.8 Å². The minimum Gasteiger partial charge on any atom is -0.316 e. The van der Waals surface area contributed by atoms with Gasteiger partial charge in [-0.3, -0.25) is 0 Å². The number of nitrogens with zero attached hydrogens (tertiary/aromatic N) is 1. The molecule has 1 saturated carbocycles. The highest BCUT2D eigenvalue weighted by atomic mass is 32.2. The Kier molecular flexibility index (Phi) is 3.87. The standard InChI is InChI=1S/C11H22N2O2S/c1-2-12-6-7-16(14,15)13-8-10-4-3-5-11(10)9-13/h10-12H,2-9H2,1H3. The van der Waals surface area contributed by atoms with E-state index in [-0.39, 0.29) is 5.75 Å². The van der Waals surface area contributed by atoms with E-state index in [0.29, 0.717) is 18.4 Å². The summed E-state index contributed by atoms with van der Waals surface area (Å²) in [6, 6.07) is 0. The molecule has 0 bridgehead atoms. The number of fused-ring (bicyclic) bond motifs is 1. The highest BCUT2D eigenvalue weighted by Crippen LogP contribution is 2.38. The van der Waals surface area contributed by atoms with Crippen molar-refractivity contribution in [3.8, 4) is 0 Å². The second-order valence-corrected chi connectivity index (χ2v) is 7.03. The quantitative estimate of drug-likeness (QED) is 0.725. The summed E-state index contributed by atoms with van der Waals surface area (Å²) in [5.41, 5.74) is 0. The summed E-state index contributed by atoms with van der Waals surface area (Å²) in [5, 5.41) is 3.07. The van der Waals surface area contributed by atoms with Crippen LogP contribution in [-0.2, 0) is 10.0 Å². The van der Waals surface area contributed by atoms with Crippen LogP contribution >= 0.6 is 0 Å². The van der Waals surface area contributed by atoms with Crippen LogP contribution in [0.4, 0.5) is 0 Å². The molecule has 2 fully saturated rings.